The Morgan fingerprint density at radius 2 is 1.95 bits per heavy atom. The summed E-state index contributed by atoms with van der Waals surface area (Å²) < 4.78 is 50.3. The number of phenols is 1. The summed E-state index contributed by atoms with van der Waals surface area (Å²) in [6.45, 7) is 0. The quantitative estimate of drug-likeness (QED) is 0.881. The lowest BCUT2D eigenvalue weighted by Crippen LogP contribution is -2.16. The molecule has 0 radical (unpaired) electrons. The van der Waals surface area contributed by atoms with Crippen LogP contribution < -0.4 is 0 Å². The minimum Gasteiger partial charge on any atom is -0.505 e. The highest BCUT2D eigenvalue weighted by Crippen LogP contribution is 2.54. The van der Waals surface area contributed by atoms with E-state index in [2.05, 4.69) is 0 Å². The van der Waals surface area contributed by atoms with Crippen molar-refractivity contribution < 1.29 is 32.2 Å². The van der Waals surface area contributed by atoms with Gasteiger partial charge in [0.05, 0.1) is 6.42 Å². The largest absolute Gasteiger partial charge is 0.505 e. The maximum Gasteiger partial charge on any atom is 0.304 e. The van der Waals surface area contributed by atoms with Crippen LogP contribution in [0.2, 0.25) is 0 Å². The standard InChI is InChI=1S/C12H12F2O5S/c1-20(18,19)11-7(13)4-6(10(17)9(11)14)12(2-3-12)5-8(15)16/h4,17H,2-3,5H2,1H3,(H,15,16). The van der Waals surface area contributed by atoms with Crippen molar-refractivity contribution in [2.24, 2.45) is 0 Å². The molecule has 1 aromatic carbocycles. The van der Waals surface area contributed by atoms with Crippen LogP contribution >= 0.6 is 0 Å². The molecule has 2 rings (SSSR count). The molecule has 8 heteroatoms. The van der Waals surface area contributed by atoms with E-state index >= 15 is 0 Å². The van der Waals surface area contributed by atoms with Gasteiger partial charge in [0.2, 0.25) is 0 Å². The van der Waals surface area contributed by atoms with E-state index in [0.717, 1.165) is 0 Å². The molecular formula is C12H12F2O5S. The molecule has 0 atom stereocenters. The monoisotopic (exact) mass is 306 g/mol. The van der Waals surface area contributed by atoms with Gasteiger partial charge in [-0.3, -0.25) is 4.79 Å². The highest BCUT2D eigenvalue weighted by molar-refractivity contribution is 7.90. The molecule has 2 N–H and O–H groups in total. The van der Waals surface area contributed by atoms with E-state index in [4.69, 9.17) is 5.11 Å². The van der Waals surface area contributed by atoms with Crippen LogP contribution in [0.25, 0.3) is 0 Å². The fraction of sp³-hybridized carbons (Fsp3) is 0.417. The molecule has 20 heavy (non-hydrogen) atoms. The predicted octanol–water partition coefficient (Wildman–Crippen LogP) is 1.58. The highest BCUT2D eigenvalue weighted by atomic mass is 32.2. The smallest absolute Gasteiger partial charge is 0.304 e. The van der Waals surface area contributed by atoms with Crippen LogP contribution in [-0.4, -0.2) is 30.9 Å². The number of halogens is 2. The number of carboxylic acid groups (broad SMARTS) is 1. The molecule has 1 fully saturated rings. The van der Waals surface area contributed by atoms with Crippen molar-refractivity contribution in [3.63, 3.8) is 0 Å². The van der Waals surface area contributed by atoms with Gasteiger partial charge >= 0.3 is 5.97 Å². The Morgan fingerprint density at radius 3 is 2.35 bits per heavy atom. The number of carboxylic acids is 1. The Kier molecular flexibility index (Phi) is 3.24. The van der Waals surface area contributed by atoms with Crippen molar-refractivity contribution in [3.8, 4) is 5.75 Å². The second-order valence-corrected chi connectivity index (χ2v) is 6.97. The number of phenolic OH excluding ortho intramolecular Hbond substituents is 1. The van der Waals surface area contributed by atoms with Crippen LogP contribution in [0.4, 0.5) is 8.78 Å². The molecule has 110 valence electrons. The van der Waals surface area contributed by atoms with Crippen LogP contribution in [0, 0.1) is 11.6 Å². The first-order valence-corrected chi connectivity index (χ1v) is 7.61. The number of hydrogen-bond donors (Lipinski definition) is 2. The normalized spacial score (nSPS) is 16.9. The zero-order valence-electron chi connectivity index (χ0n) is 10.5. The zero-order chi connectivity index (χ0) is 15.3. The molecular weight excluding hydrogens is 294 g/mol. The lowest BCUT2D eigenvalue weighted by Gasteiger charge is -2.17. The number of carbonyl (C=O) groups is 1. The lowest BCUT2D eigenvalue weighted by molar-refractivity contribution is -0.137. The Labute approximate surface area is 113 Å². The third kappa shape index (κ3) is 2.35. The van der Waals surface area contributed by atoms with Gasteiger partial charge in [0.1, 0.15) is 10.7 Å². The average molecular weight is 306 g/mol. The maximum atomic E-state index is 13.9. The highest BCUT2D eigenvalue weighted by Gasteiger charge is 2.49. The molecule has 0 unspecified atom stereocenters. The zero-order valence-corrected chi connectivity index (χ0v) is 11.3. The molecule has 0 aromatic heterocycles. The summed E-state index contributed by atoms with van der Waals surface area (Å²) in [6, 6.07) is 0.713. The minimum absolute atomic E-state index is 0.192. The lowest BCUT2D eigenvalue weighted by atomic mass is 9.91. The van der Waals surface area contributed by atoms with Gasteiger partial charge in [-0.15, -0.1) is 0 Å². The Hall–Kier alpha value is -1.70. The van der Waals surface area contributed by atoms with E-state index in [1.165, 1.54) is 0 Å². The number of sulfone groups is 1. The summed E-state index contributed by atoms with van der Waals surface area (Å²) in [4.78, 5) is 9.57. The van der Waals surface area contributed by atoms with Crippen molar-refractivity contribution in [3.05, 3.63) is 23.3 Å². The van der Waals surface area contributed by atoms with Crippen molar-refractivity contribution in [1.29, 1.82) is 0 Å². The van der Waals surface area contributed by atoms with E-state index in [9.17, 15) is 27.1 Å². The summed E-state index contributed by atoms with van der Waals surface area (Å²) in [7, 11) is -4.18. The molecule has 0 amide bonds. The van der Waals surface area contributed by atoms with Gasteiger partial charge in [-0.1, -0.05) is 0 Å². The average Bonchev–Trinajstić information content (AvgIpc) is 3.01. The third-order valence-corrected chi connectivity index (χ3v) is 4.55. The molecule has 1 aliphatic rings. The van der Waals surface area contributed by atoms with Crippen LogP contribution in [-0.2, 0) is 20.0 Å². The molecule has 0 spiro atoms. The molecule has 0 saturated heterocycles. The van der Waals surface area contributed by atoms with E-state index in [1.54, 1.807) is 0 Å². The summed E-state index contributed by atoms with van der Waals surface area (Å²) in [5.41, 5.74) is -1.21. The summed E-state index contributed by atoms with van der Waals surface area (Å²) in [5.74, 6) is -5.05. The van der Waals surface area contributed by atoms with Crippen LogP contribution in [0.3, 0.4) is 0 Å². The van der Waals surface area contributed by atoms with Gasteiger partial charge in [-0.05, 0) is 18.9 Å². The minimum atomic E-state index is -4.18. The van der Waals surface area contributed by atoms with Crippen LogP contribution in [0.5, 0.6) is 5.75 Å². The van der Waals surface area contributed by atoms with Crippen LogP contribution in [0.1, 0.15) is 24.8 Å². The van der Waals surface area contributed by atoms with Gasteiger partial charge in [-0.25, -0.2) is 17.2 Å². The molecule has 1 saturated carbocycles. The first-order valence-electron chi connectivity index (χ1n) is 5.72. The van der Waals surface area contributed by atoms with Crippen molar-refractivity contribution in [2.45, 2.75) is 29.6 Å². The fourth-order valence-electron chi connectivity index (χ4n) is 2.32. The topological polar surface area (TPSA) is 91.7 Å². The molecule has 5 nitrogen and oxygen atoms in total. The fourth-order valence-corrected chi connectivity index (χ4v) is 3.15. The van der Waals surface area contributed by atoms with E-state index in [-0.39, 0.29) is 12.0 Å². The molecule has 0 aliphatic heterocycles. The molecule has 0 bridgehead atoms. The first-order chi connectivity index (χ1) is 9.08. The number of benzene rings is 1. The van der Waals surface area contributed by atoms with Gasteiger partial charge in [0, 0.05) is 17.2 Å². The summed E-state index contributed by atoms with van der Waals surface area (Å²) in [6.07, 6.45) is 0.976. The molecule has 1 aliphatic carbocycles. The number of aliphatic carboxylic acids is 1. The summed E-state index contributed by atoms with van der Waals surface area (Å²) >= 11 is 0. The van der Waals surface area contributed by atoms with Gasteiger partial charge in [0.25, 0.3) is 0 Å². The second kappa shape index (κ2) is 4.41. The van der Waals surface area contributed by atoms with Gasteiger partial charge in [0.15, 0.2) is 21.4 Å². The number of hydrogen-bond acceptors (Lipinski definition) is 4. The van der Waals surface area contributed by atoms with Crippen molar-refractivity contribution in [2.75, 3.05) is 6.26 Å². The SMILES string of the molecule is CS(=O)(=O)c1c(F)cc(C2(CC(=O)O)CC2)c(O)c1F. The second-order valence-electron chi connectivity index (χ2n) is 5.02. The van der Waals surface area contributed by atoms with Gasteiger partial charge in [-0.2, -0.15) is 0 Å². The molecule has 0 heterocycles. The van der Waals surface area contributed by atoms with Crippen molar-refractivity contribution in [1.82, 2.24) is 0 Å². The third-order valence-electron chi connectivity index (χ3n) is 3.44. The van der Waals surface area contributed by atoms with Gasteiger partial charge < -0.3 is 10.2 Å². The van der Waals surface area contributed by atoms with E-state index in [1.807, 2.05) is 0 Å². The Morgan fingerprint density at radius 1 is 1.40 bits per heavy atom. The number of aromatic hydroxyl groups is 1. The van der Waals surface area contributed by atoms with Crippen LogP contribution in [0.15, 0.2) is 11.0 Å². The number of rotatable bonds is 4. The molecule has 1 aromatic rings. The Bertz CT molecular complexity index is 692. The predicted molar refractivity (Wildman–Crippen MR) is 64.3 cm³/mol. The van der Waals surface area contributed by atoms with Crippen molar-refractivity contribution >= 4 is 15.8 Å². The van der Waals surface area contributed by atoms with E-state index in [0.29, 0.717) is 25.2 Å². The van der Waals surface area contributed by atoms with E-state index < -0.39 is 43.5 Å². The Balaban J connectivity index is 2.63. The maximum absolute atomic E-state index is 13.9. The summed E-state index contributed by atoms with van der Waals surface area (Å²) in [5, 5.41) is 18.6. The first kappa shape index (κ1) is 14.7.